The standard InChI is InChI=1S/C14H14N4/c1-10-16-7-12(18-10)8-17-14-4-2-3-11-5-6-15-9-13(11)14/h2-7,9,17H,8H2,1H3,(H,16,18). The van der Waals surface area contributed by atoms with Crippen molar-refractivity contribution in [1.29, 1.82) is 0 Å². The Morgan fingerprint density at radius 2 is 2.17 bits per heavy atom. The Morgan fingerprint density at radius 1 is 1.22 bits per heavy atom. The number of fused-ring (bicyclic) bond motifs is 1. The van der Waals surface area contributed by atoms with Crippen LogP contribution in [-0.2, 0) is 6.54 Å². The summed E-state index contributed by atoms with van der Waals surface area (Å²) in [7, 11) is 0. The zero-order valence-corrected chi connectivity index (χ0v) is 10.1. The second kappa shape index (κ2) is 4.49. The Labute approximate surface area is 105 Å². The van der Waals surface area contributed by atoms with E-state index in [2.05, 4.69) is 32.4 Å². The van der Waals surface area contributed by atoms with Crippen LogP contribution in [0.4, 0.5) is 5.69 Å². The van der Waals surface area contributed by atoms with E-state index in [9.17, 15) is 0 Å². The van der Waals surface area contributed by atoms with Crippen LogP contribution in [0, 0.1) is 6.92 Å². The van der Waals surface area contributed by atoms with Crippen molar-refractivity contribution in [3.63, 3.8) is 0 Å². The fourth-order valence-electron chi connectivity index (χ4n) is 2.02. The van der Waals surface area contributed by atoms with Gasteiger partial charge in [-0.3, -0.25) is 4.98 Å². The molecule has 0 aliphatic carbocycles. The number of rotatable bonds is 3. The lowest BCUT2D eigenvalue weighted by molar-refractivity contribution is 1.05. The number of benzene rings is 1. The summed E-state index contributed by atoms with van der Waals surface area (Å²) in [5.41, 5.74) is 2.17. The number of hydrogen-bond donors (Lipinski definition) is 2. The Balaban J connectivity index is 1.86. The molecule has 2 N–H and O–H groups in total. The number of aromatic nitrogens is 3. The zero-order valence-electron chi connectivity index (χ0n) is 10.1. The molecule has 2 aromatic heterocycles. The molecule has 1 aromatic carbocycles. The molecule has 18 heavy (non-hydrogen) atoms. The van der Waals surface area contributed by atoms with Crippen molar-refractivity contribution in [3.8, 4) is 0 Å². The quantitative estimate of drug-likeness (QED) is 0.737. The number of aryl methyl sites for hydroxylation is 1. The SMILES string of the molecule is Cc1ncc(CNc2cccc3ccncc23)[nH]1. The fourth-order valence-corrected chi connectivity index (χ4v) is 2.02. The molecule has 0 amide bonds. The number of hydrogen-bond acceptors (Lipinski definition) is 3. The van der Waals surface area contributed by atoms with E-state index in [0.717, 1.165) is 29.1 Å². The molecule has 4 nitrogen and oxygen atoms in total. The summed E-state index contributed by atoms with van der Waals surface area (Å²) in [6, 6.07) is 8.21. The highest BCUT2D eigenvalue weighted by Gasteiger charge is 2.01. The van der Waals surface area contributed by atoms with Crippen LogP contribution < -0.4 is 5.32 Å². The van der Waals surface area contributed by atoms with E-state index in [-0.39, 0.29) is 0 Å². The average molecular weight is 238 g/mol. The molecule has 0 fully saturated rings. The molecule has 90 valence electrons. The third-order valence-electron chi connectivity index (χ3n) is 2.91. The monoisotopic (exact) mass is 238 g/mol. The number of nitrogens with one attached hydrogen (secondary N) is 2. The Morgan fingerprint density at radius 3 is 3.00 bits per heavy atom. The molecule has 0 atom stereocenters. The van der Waals surface area contributed by atoms with Crippen LogP contribution in [0.1, 0.15) is 11.5 Å². The second-order valence-electron chi connectivity index (χ2n) is 4.25. The van der Waals surface area contributed by atoms with Gasteiger partial charge in [0.05, 0.1) is 18.4 Å². The number of nitrogens with zero attached hydrogens (tertiary/aromatic N) is 2. The van der Waals surface area contributed by atoms with E-state index in [4.69, 9.17) is 0 Å². The van der Waals surface area contributed by atoms with Crippen molar-refractivity contribution in [1.82, 2.24) is 15.0 Å². The molecule has 3 rings (SSSR count). The first-order chi connectivity index (χ1) is 8.83. The smallest absolute Gasteiger partial charge is 0.103 e. The molecule has 0 bridgehead atoms. The van der Waals surface area contributed by atoms with E-state index in [0.29, 0.717) is 0 Å². The van der Waals surface area contributed by atoms with Gasteiger partial charge in [0.15, 0.2) is 0 Å². The van der Waals surface area contributed by atoms with Gasteiger partial charge in [-0.25, -0.2) is 4.98 Å². The number of pyridine rings is 1. The number of H-pyrrole nitrogens is 1. The maximum Gasteiger partial charge on any atom is 0.103 e. The highest BCUT2D eigenvalue weighted by Crippen LogP contribution is 2.22. The van der Waals surface area contributed by atoms with Crippen LogP contribution in [0.2, 0.25) is 0 Å². The van der Waals surface area contributed by atoms with Gasteiger partial charge in [-0.15, -0.1) is 0 Å². The minimum Gasteiger partial charge on any atom is -0.379 e. The van der Waals surface area contributed by atoms with E-state index in [1.165, 1.54) is 5.39 Å². The highest BCUT2D eigenvalue weighted by atomic mass is 15.0. The van der Waals surface area contributed by atoms with Crippen molar-refractivity contribution in [2.75, 3.05) is 5.32 Å². The van der Waals surface area contributed by atoms with Gasteiger partial charge in [-0.2, -0.15) is 0 Å². The van der Waals surface area contributed by atoms with E-state index in [1.807, 2.05) is 37.6 Å². The Hall–Kier alpha value is -2.36. The molecule has 4 heteroatoms. The first kappa shape index (κ1) is 10.8. The molecule has 0 saturated carbocycles. The minimum absolute atomic E-state index is 0.731. The number of aromatic amines is 1. The van der Waals surface area contributed by atoms with Crippen molar-refractivity contribution in [3.05, 3.63) is 54.4 Å². The van der Waals surface area contributed by atoms with Crippen molar-refractivity contribution < 1.29 is 0 Å². The summed E-state index contributed by atoms with van der Waals surface area (Å²) in [4.78, 5) is 11.6. The molecule has 3 aromatic rings. The molecule has 0 spiro atoms. The minimum atomic E-state index is 0.731. The third kappa shape index (κ3) is 2.05. The van der Waals surface area contributed by atoms with Crippen molar-refractivity contribution in [2.24, 2.45) is 0 Å². The largest absolute Gasteiger partial charge is 0.379 e. The van der Waals surface area contributed by atoms with Gasteiger partial charge in [-0.1, -0.05) is 12.1 Å². The Bertz CT molecular complexity index is 667. The summed E-state index contributed by atoms with van der Waals surface area (Å²) >= 11 is 0. The molecule has 0 unspecified atom stereocenters. The predicted octanol–water partition coefficient (Wildman–Crippen LogP) is 2.88. The summed E-state index contributed by atoms with van der Waals surface area (Å²) in [5.74, 6) is 0.936. The molecule has 0 aliphatic rings. The maximum absolute atomic E-state index is 4.18. The Kier molecular flexibility index (Phi) is 2.68. The van der Waals surface area contributed by atoms with E-state index >= 15 is 0 Å². The van der Waals surface area contributed by atoms with Gasteiger partial charge in [0.2, 0.25) is 0 Å². The lowest BCUT2D eigenvalue weighted by Gasteiger charge is -2.08. The summed E-state index contributed by atoms with van der Waals surface area (Å²) < 4.78 is 0. The van der Waals surface area contributed by atoms with Crippen LogP contribution in [0.3, 0.4) is 0 Å². The van der Waals surface area contributed by atoms with Crippen LogP contribution >= 0.6 is 0 Å². The molecule has 0 saturated heterocycles. The van der Waals surface area contributed by atoms with Crippen LogP contribution in [0.25, 0.3) is 10.8 Å². The van der Waals surface area contributed by atoms with Gasteiger partial charge in [-0.05, 0) is 24.4 Å². The predicted molar refractivity (Wildman–Crippen MR) is 72.4 cm³/mol. The fraction of sp³-hybridized carbons (Fsp3) is 0.143. The molecule has 0 aliphatic heterocycles. The van der Waals surface area contributed by atoms with Gasteiger partial charge in [0.1, 0.15) is 5.82 Å². The molecule has 0 radical (unpaired) electrons. The third-order valence-corrected chi connectivity index (χ3v) is 2.91. The molecular weight excluding hydrogens is 224 g/mol. The van der Waals surface area contributed by atoms with Gasteiger partial charge >= 0.3 is 0 Å². The summed E-state index contributed by atoms with van der Waals surface area (Å²) in [5, 5.41) is 5.73. The highest BCUT2D eigenvalue weighted by molar-refractivity contribution is 5.92. The lowest BCUT2D eigenvalue weighted by atomic mass is 10.1. The van der Waals surface area contributed by atoms with Crippen LogP contribution in [0.5, 0.6) is 0 Å². The number of anilines is 1. The van der Waals surface area contributed by atoms with E-state index in [1.54, 1.807) is 0 Å². The van der Waals surface area contributed by atoms with Crippen molar-refractivity contribution >= 4 is 16.5 Å². The normalized spacial score (nSPS) is 10.7. The molecule has 2 heterocycles. The van der Waals surface area contributed by atoms with Crippen molar-refractivity contribution in [2.45, 2.75) is 13.5 Å². The summed E-state index contributed by atoms with van der Waals surface area (Å²) in [6.07, 6.45) is 5.55. The van der Waals surface area contributed by atoms with Crippen LogP contribution in [0.15, 0.2) is 42.9 Å². The molecular formula is C14H14N4. The van der Waals surface area contributed by atoms with Gasteiger partial charge < -0.3 is 10.3 Å². The first-order valence-electron chi connectivity index (χ1n) is 5.90. The topological polar surface area (TPSA) is 53.6 Å². The number of imidazole rings is 1. The van der Waals surface area contributed by atoms with E-state index < -0.39 is 0 Å². The average Bonchev–Trinajstić information content (AvgIpc) is 2.82. The second-order valence-corrected chi connectivity index (χ2v) is 4.25. The summed E-state index contributed by atoms with van der Waals surface area (Å²) in [6.45, 7) is 2.68. The van der Waals surface area contributed by atoms with Gasteiger partial charge in [0, 0.05) is 23.5 Å². The van der Waals surface area contributed by atoms with Crippen LogP contribution in [-0.4, -0.2) is 15.0 Å². The lowest BCUT2D eigenvalue weighted by Crippen LogP contribution is -2.00. The zero-order chi connectivity index (χ0) is 12.4. The first-order valence-corrected chi connectivity index (χ1v) is 5.90. The maximum atomic E-state index is 4.18. The van der Waals surface area contributed by atoms with Gasteiger partial charge in [0.25, 0.3) is 0 Å².